The van der Waals surface area contributed by atoms with E-state index in [1.54, 1.807) is 11.8 Å². The number of nitrogens with one attached hydrogen (secondary N) is 1. The lowest BCUT2D eigenvalue weighted by molar-refractivity contribution is 0.674. The van der Waals surface area contributed by atoms with Gasteiger partial charge in [-0.15, -0.1) is 11.8 Å². The van der Waals surface area contributed by atoms with Gasteiger partial charge < -0.3 is 5.32 Å². The Labute approximate surface area is 105 Å². The third kappa shape index (κ3) is 3.28. The average Bonchev–Trinajstić information content (AvgIpc) is 2.72. The van der Waals surface area contributed by atoms with Crippen molar-refractivity contribution in [1.29, 1.82) is 0 Å². The molecule has 1 aliphatic rings. The summed E-state index contributed by atoms with van der Waals surface area (Å²) in [5.41, 5.74) is 0. The van der Waals surface area contributed by atoms with Gasteiger partial charge in [0.2, 0.25) is 0 Å². The van der Waals surface area contributed by atoms with Crippen LogP contribution in [0, 0.1) is 0 Å². The van der Waals surface area contributed by atoms with Gasteiger partial charge in [-0.3, -0.25) is 0 Å². The number of rotatable bonds is 3. The zero-order valence-corrected chi connectivity index (χ0v) is 10.6. The zero-order chi connectivity index (χ0) is 10.7. The summed E-state index contributed by atoms with van der Waals surface area (Å²) in [6, 6.07) is 6.24. The van der Waals surface area contributed by atoms with Crippen LogP contribution in [0.4, 0.5) is 0 Å². The minimum atomic E-state index is 0.630. The molecule has 82 valence electrons. The number of thioether (sulfide) groups is 1. The molecule has 1 aromatic rings. The van der Waals surface area contributed by atoms with Crippen LogP contribution in [0.1, 0.15) is 12.8 Å². The Morgan fingerprint density at radius 2 is 2.27 bits per heavy atom. The summed E-state index contributed by atoms with van der Waals surface area (Å²) >= 11 is 13.8. The molecular formula is C11H13Cl2NS. The minimum Gasteiger partial charge on any atom is -0.313 e. The fourth-order valence-corrected chi connectivity index (χ4v) is 3.28. The van der Waals surface area contributed by atoms with Crippen LogP contribution in [0.5, 0.6) is 0 Å². The molecule has 1 saturated heterocycles. The molecule has 4 heteroatoms. The van der Waals surface area contributed by atoms with Gasteiger partial charge in [0.25, 0.3) is 0 Å². The molecule has 2 rings (SSSR count). The Balaban J connectivity index is 1.94. The first-order valence-electron chi connectivity index (χ1n) is 5.07. The van der Waals surface area contributed by atoms with Crippen molar-refractivity contribution in [2.45, 2.75) is 23.8 Å². The fourth-order valence-electron chi connectivity index (χ4n) is 1.68. The molecule has 1 fully saturated rings. The van der Waals surface area contributed by atoms with Crippen molar-refractivity contribution in [3.8, 4) is 0 Å². The standard InChI is InChI=1S/C11H13Cl2NS/c12-8-3-4-10(13)11(6-8)15-7-9-2-1-5-14-9/h3-4,6,9,14H,1-2,5,7H2/t9-/m1/s1. The van der Waals surface area contributed by atoms with Crippen LogP contribution in [0.15, 0.2) is 23.1 Å². The first kappa shape index (κ1) is 11.6. The third-order valence-electron chi connectivity index (χ3n) is 2.50. The van der Waals surface area contributed by atoms with Crippen molar-refractivity contribution < 1.29 is 0 Å². The summed E-state index contributed by atoms with van der Waals surface area (Å²) in [6.07, 6.45) is 2.56. The molecule has 1 aromatic carbocycles. The molecule has 1 aliphatic heterocycles. The monoisotopic (exact) mass is 261 g/mol. The van der Waals surface area contributed by atoms with E-state index in [2.05, 4.69) is 5.32 Å². The van der Waals surface area contributed by atoms with Crippen molar-refractivity contribution >= 4 is 35.0 Å². The molecule has 0 radical (unpaired) electrons. The number of halogens is 2. The van der Waals surface area contributed by atoms with Gasteiger partial charge >= 0.3 is 0 Å². The first-order chi connectivity index (χ1) is 7.25. The topological polar surface area (TPSA) is 12.0 Å². The third-order valence-corrected chi connectivity index (χ3v) is 4.39. The molecule has 0 aromatic heterocycles. The average molecular weight is 262 g/mol. The van der Waals surface area contributed by atoms with E-state index in [-0.39, 0.29) is 0 Å². The largest absolute Gasteiger partial charge is 0.313 e. The number of hydrogen-bond donors (Lipinski definition) is 1. The van der Waals surface area contributed by atoms with Gasteiger partial charge in [-0.05, 0) is 37.6 Å². The molecule has 0 unspecified atom stereocenters. The SMILES string of the molecule is Clc1ccc(Cl)c(SC[C@H]2CCCN2)c1. The number of hydrogen-bond acceptors (Lipinski definition) is 2. The minimum absolute atomic E-state index is 0.630. The van der Waals surface area contributed by atoms with Crippen molar-refractivity contribution in [1.82, 2.24) is 5.32 Å². The van der Waals surface area contributed by atoms with Crippen molar-refractivity contribution in [2.24, 2.45) is 0 Å². The second-order valence-corrected chi connectivity index (χ2v) is 5.58. The van der Waals surface area contributed by atoms with E-state index in [9.17, 15) is 0 Å². The van der Waals surface area contributed by atoms with E-state index < -0.39 is 0 Å². The lowest BCUT2D eigenvalue weighted by atomic mass is 10.3. The Hall–Kier alpha value is 0.110. The van der Waals surface area contributed by atoms with Crippen molar-refractivity contribution in [3.05, 3.63) is 28.2 Å². The van der Waals surface area contributed by atoms with Crippen LogP contribution >= 0.6 is 35.0 Å². The summed E-state index contributed by atoms with van der Waals surface area (Å²) in [4.78, 5) is 1.08. The highest BCUT2D eigenvalue weighted by Crippen LogP contribution is 2.30. The molecule has 0 bridgehead atoms. The smallest absolute Gasteiger partial charge is 0.0542 e. The maximum Gasteiger partial charge on any atom is 0.0542 e. The van der Waals surface area contributed by atoms with Crippen molar-refractivity contribution in [3.63, 3.8) is 0 Å². The Kier molecular flexibility index (Phi) is 4.21. The molecule has 0 spiro atoms. The van der Waals surface area contributed by atoms with Gasteiger partial charge in [0.15, 0.2) is 0 Å². The molecule has 0 amide bonds. The van der Waals surface area contributed by atoms with Crippen LogP contribution < -0.4 is 5.32 Å². The summed E-state index contributed by atoms with van der Waals surface area (Å²) in [5.74, 6) is 1.07. The molecule has 1 N–H and O–H groups in total. The summed E-state index contributed by atoms with van der Waals surface area (Å²) in [5, 5.41) is 5.01. The van der Waals surface area contributed by atoms with Gasteiger partial charge in [-0.2, -0.15) is 0 Å². The highest BCUT2D eigenvalue weighted by Gasteiger charge is 2.14. The maximum absolute atomic E-state index is 6.08. The van der Waals surface area contributed by atoms with Crippen LogP contribution in [-0.4, -0.2) is 18.3 Å². The second kappa shape index (κ2) is 5.44. The van der Waals surface area contributed by atoms with Crippen molar-refractivity contribution in [2.75, 3.05) is 12.3 Å². The molecule has 15 heavy (non-hydrogen) atoms. The second-order valence-electron chi connectivity index (χ2n) is 3.68. The van der Waals surface area contributed by atoms with E-state index >= 15 is 0 Å². The molecule has 1 atom stereocenters. The highest BCUT2D eigenvalue weighted by molar-refractivity contribution is 7.99. The Morgan fingerprint density at radius 3 is 3.00 bits per heavy atom. The summed E-state index contributed by atoms with van der Waals surface area (Å²) in [6.45, 7) is 1.15. The van der Waals surface area contributed by atoms with Crippen LogP contribution in [0.3, 0.4) is 0 Å². The number of benzene rings is 1. The predicted molar refractivity (Wildman–Crippen MR) is 68.2 cm³/mol. The normalized spacial score (nSPS) is 20.8. The van der Waals surface area contributed by atoms with Gasteiger partial charge in [0, 0.05) is 21.7 Å². The van der Waals surface area contributed by atoms with Gasteiger partial charge in [0.1, 0.15) is 0 Å². The fraction of sp³-hybridized carbons (Fsp3) is 0.455. The van der Waals surface area contributed by atoms with E-state index in [4.69, 9.17) is 23.2 Å². The molecule has 0 saturated carbocycles. The molecule has 1 nitrogen and oxygen atoms in total. The van der Waals surface area contributed by atoms with Crippen LogP contribution in [0.25, 0.3) is 0 Å². The molecule has 0 aliphatic carbocycles. The lowest BCUT2D eigenvalue weighted by Crippen LogP contribution is -2.23. The lowest BCUT2D eigenvalue weighted by Gasteiger charge is -2.10. The Morgan fingerprint density at radius 1 is 1.40 bits per heavy atom. The van der Waals surface area contributed by atoms with Gasteiger partial charge in [-0.1, -0.05) is 23.2 Å². The zero-order valence-electron chi connectivity index (χ0n) is 8.30. The van der Waals surface area contributed by atoms with E-state index in [0.717, 1.165) is 27.2 Å². The molecular weight excluding hydrogens is 249 g/mol. The van der Waals surface area contributed by atoms with E-state index in [0.29, 0.717) is 6.04 Å². The highest BCUT2D eigenvalue weighted by atomic mass is 35.5. The maximum atomic E-state index is 6.08. The van der Waals surface area contributed by atoms with E-state index in [1.165, 1.54) is 12.8 Å². The summed E-state index contributed by atoms with van der Waals surface area (Å²) < 4.78 is 0. The summed E-state index contributed by atoms with van der Waals surface area (Å²) in [7, 11) is 0. The predicted octanol–water partition coefficient (Wildman–Crippen LogP) is 3.84. The molecule has 1 heterocycles. The van der Waals surface area contributed by atoms with Gasteiger partial charge in [-0.25, -0.2) is 0 Å². The first-order valence-corrected chi connectivity index (χ1v) is 6.81. The quantitative estimate of drug-likeness (QED) is 0.831. The van der Waals surface area contributed by atoms with Crippen LogP contribution in [-0.2, 0) is 0 Å². The van der Waals surface area contributed by atoms with Gasteiger partial charge in [0.05, 0.1) is 5.02 Å². The Bertz CT molecular complexity index is 337. The van der Waals surface area contributed by atoms with Crippen LogP contribution in [0.2, 0.25) is 10.0 Å². The van der Waals surface area contributed by atoms with E-state index in [1.807, 2.05) is 18.2 Å².